The fourth-order valence-electron chi connectivity index (χ4n) is 4.15. The minimum atomic E-state index is 0.574. The Balaban J connectivity index is 1.48. The van der Waals surface area contributed by atoms with Crippen LogP contribution in [0.25, 0.3) is 0 Å². The number of aryl methyl sites for hydroxylation is 2. The molecule has 0 aromatic carbocycles. The summed E-state index contributed by atoms with van der Waals surface area (Å²) in [7, 11) is 0. The van der Waals surface area contributed by atoms with Crippen molar-refractivity contribution < 1.29 is 4.52 Å². The fraction of sp³-hybridized carbons (Fsp3) is 0.800. The van der Waals surface area contributed by atoms with E-state index in [1.165, 1.54) is 50.5 Å². The summed E-state index contributed by atoms with van der Waals surface area (Å²) >= 11 is 5.76. The van der Waals surface area contributed by atoms with E-state index in [1.54, 1.807) is 0 Å². The fourth-order valence-corrected chi connectivity index (χ4v) is 4.50. The Labute approximate surface area is 163 Å². The molecule has 1 aliphatic carbocycles. The van der Waals surface area contributed by atoms with E-state index in [9.17, 15) is 0 Å². The molecule has 5 nitrogen and oxygen atoms in total. The van der Waals surface area contributed by atoms with Crippen LogP contribution in [0.1, 0.15) is 68.4 Å². The van der Waals surface area contributed by atoms with Gasteiger partial charge in [-0.3, -0.25) is 4.90 Å². The van der Waals surface area contributed by atoms with E-state index < -0.39 is 0 Å². The van der Waals surface area contributed by atoms with Gasteiger partial charge in [0, 0.05) is 44.3 Å². The van der Waals surface area contributed by atoms with Crippen molar-refractivity contribution in [2.45, 2.75) is 77.8 Å². The number of aromatic nitrogens is 1. The van der Waals surface area contributed by atoms with Crippen LogP contribution in [0.5, 0.6) is 0 Å². The molecule has 1 aromatic heterocycles. The van der Waals surface area contributed by atoms with Crippen LogP contribution in [-0.2, 0) is 6.54 Å². The Kier molecular flexibility index (Phi) is 7.32. The molecule has 0 spiro atoms. The highest BCUT2D eigenvalue weighted by atomic mass is 32.1. The first-order chi connectivity index (χ1) is 12.6. The lowest BCUT2D eigenvalue weighted by molar-refractivity contribution is 0.274. The molecular weight excluding hydrogens is 344 g/mol. The van der Waals surface area contributed by atoms with E-state index in [0.717, 1.165) is 55.7 Å². The molecule has 6 heteroatoms. The van der Waals surface area contributed by atoms with E-state index >= 15 is 0 Å². The van der Waals surface area contributed by atoms with Gasteiger partial charge in [0.15, 0.2) is 5.11 Å². The molecule has 1 saturated carbocycles. The van der Waals surface area contributed by atoms with Crippen LogP contribution >= 0.6 is 12.2 Å². The van der Waals surface area contributed by atoms with Gasteiger partial charge in [0.05, 0.1) is 5.69 Å². The maximum atomic E-state index is 5.76. The molecule has 0 atom stereocenters. The predicted molar refractivity (Wildman–Crippen MR) is 109 cm³/mol. The van der Waals surface area contributed by atoms with E-state index in [1.807, 2.05) is 13.8 Å². The molecule has 2 heterocycles. The minimum absolute atomic E-state index is 0.574. The normalized spacial score (nSPS) is 21.1. The van der Waals surface area contributed by atoms with Crippen LogP contribution in [-0.4, -0.2) is 52.3 Å². The second-order valence-electron chi connectivity index (χ2n) is 7.91. The average Bonchev–Trinajstić information content (AvgIpc) is 2.80. The molecule has 1 saturated heterocycles. The van der Waals surface area contributed by atoms with Gasteiger partial charge in [0.25, 0.3) is 0 Å². The van der Waals surface area contributed by atoms with Gasteiger partial charge in [-0.25, -0.2) is 0 Å². The molecule has 3 rings (SSSR count). The van der Waals surface area contributed by atoms with E-state index in [4.69, 9.17) is 16.7 Å². The molecule has 1 aromatic rings. The Bertz CT molecular complexity index is 561. The first kappa shape index (κ1) is 19.6. The number of thiocarbonyl (C=S) groups is 1. The Morgan fingerprint density at radius 3 is 2.46 bits per heavy atom. The number of rotatable bonds is 3. The van der Waals surface area contributed by atoms with Crippen molar-refractivity contribution in [2.75, 3.05) is 26.2 Å². The molecule has 2 aliphatic rings. The maximum Gasteiger partial charge on any atom is 0.169 e. The van der Waals surface area contributed by atoms with Gasteiger partial charge in [-0.05, 0) is 45.3 Å². The average molecular weight is 379 g/mol. The predicted octanol–water partition coefficient (Wildman–Crippen LogP) is 3.79. The summed E-state index contributed by atoms with van der Waals surface area (Å²) in [5.74, 6) is 0.949. The van der Waals surface area contributed by atoms with Crippen molar-refractivity contribution >= 4 is 17.3 Å². The second-order valence-corrected chi connectivity index (χ2v) is 8.30. The molecular formula is C20H34N4OS. The molecule has 0 amide bonds. The van der Waals surface area contributed by atoms with E-state index in [2.05, 4.69) is 20.3 Å². The third kappa shape index (κ3) is 5.43. The smallest absolute Gasteiger partial charge is 0.169 e. The molecule has 26 heavy (non-hydrogen) atoms. The van der Waals surface area contributed by atoms with Gasteiger partial charge >= 0.3 is 0 Å². The number of nitrogens with one attached hydrogen (secondary N) is 1. The molecule has 1 N–H and O–H groups in total. The quantitative estimate of drug-likeness (QED) is 0.808. The number of hydrogen-bond donors (Lipinski definition) is 1. The van der Waals surface area contributed by atoms with Crippen molar-refractivity contribution in [1.82, 2.24) is 20.3 Å². The number of hydrogen-bond acceptors (Lipinski definition) is 4. The van der Waals surface area contributed by atoms with Crippen molar-refractivity contribution in [3.8, 4) is 0 Å². The lowest BCUT2D eigenvalue weighted by atomic mass is 9.97. The number of nitrogens with zero attached hydrogens (tertiary/aromatic N) is 3. The standard InChI is InChI=1S/C20H34N4OS/c1-16-19(17(2)25-22-16)15-23-11-8-12-24(14-13-23)20(26)21-18-9-6-4-3-5-7-10-18/h18H,3-15H2,1-2H3,(H,21,26). The van der Waals surface area contributed by atoms with Gasteiger partial charge in [-0.2, -0.15) is 0 Å². The van der Waals surface area contributed by atoms with Crippen LogP contribution in [0.4, 0.5) is 0 Å². The summed E-state index contributed by atoms with van der Waals surface area (Å²) < 4.78 is 5.31. The van der Waals surface area contributed by atoms with Crippen LogP contribution < -0.4 is 5.32 Å². The molecule has 0 radical (unpaired) electrons. The molecule has 0 unspecified atom stereocenters. The van der Waals surface area contributed by atoms with Crippen LogP contribution in [0.15, 0.2) is 4.52 Å². The van der Waals surface area contributed by atoms with Crippen molar-refractivity contribution in [3.63, 3.8) is 0 Å². The van der Waals surface area contributed by atoms with Gasteiger partial charge < -0.3 is 14.7 Å². The lowest BCUT2D eigenvalue weighted by Crippen LogP contribution is -2.46. The SMILES string of the molecule is Cc1noc(C)c1CN1CCCN(C(=S)NC2CCCCCCC2)CC1. The Hall–Kier alpha value is -1.14. The van der Waals surface area contributed by atoms with E-state index in [0.29, 0.717) is 6.04 Å². The molecule has 2 fully saturated rings. The van der Waals surface area contributed by atoms with Gasteiger partial charge in [0.1, 0.15) is 5.76 Å². The molecule has 146 valence electrons. The summed E-state index contributed by atoms with van der Waals surface area (Å²) in [6.07, 6.45) is 10.5. The Morgan fingerprint density at radius 2 is 1.77 bits per heavy atom. The van der Waals surface area contributed by atoms with Gasteiger partial charge in [-0.15, -0.1) is 0 Å². The first-order valence-corrected chi connectivity index (χ1v) is 10.7. The van der Waals surface area contributed by atoms with Crippen molar-refractivity contribution in [2.24, 2.45) is 0 Å². The zero-order valence-corrected chi connectivity index (χ0v) is 17.2. The maximum absolute atomic E-state index is 5.76. The minimum Gasteiger partial charge on any atom is -0.361 e. The summed E-state index contributed by atoms with van der Waals surface area (Å²) in [6.45, 7) is 9.16. The van der Waals surface area contributed by atoms with Crippen LogP contribution in [0, 0.1) is 13.8 Å². The van der Waals surface area contributed by atoms with Gasteiger partial charge in [-0.1, -0.05) is 37.3 Å². The van der Waals surface area contributed by atoms with Gasteiger partial charge in [0.2, 0.25) is 0 Å². The summed E-state index contributed by atoms with van der Waals surface area (Å²) in [5.41, 5.74) is 2.26. The largest absolute Gasteiger partial charge is 0.361 e. The Morgan fingerprint density at radius 1 is 1.04 bits per heavy atom. The highest BCUT2D eigenvalue weighted by molar-refractivity contribution is 7.80. The molecule has 1 aliphatic heterocycles. The summed E-state index contributed by atoms with van der Waals surface area (Å²) in [6, 6.07) is 0.574. The lowest BCUT2D eigenvalue weighted by Gasteiger charge is -2.29. The zero-order valence-electron chi connectivity index (χ0n) is 16.4. The second kappa shape index (κ2) is 9.70. The third-order valence-corrected chi connectivity index (χ3v) is 6.25. The van der Waals surface area contributed by atoms with E-state index in [-0.39, 0.29) is 0 Å². The molecule has 0 bridgehead atoms. The van der Waals surface area contributed by atoms with Crippen molar-refractivity contribution in [1.29, 1.82) is 0 Å². The zero-order chi connectivity index (χ0) is 18.4. The van der Waals surface area contributed by atoms with Crippen LogP contribution in [0.3, 0.4) is 0 Å². The van der Waals surface area contributed by atoms with Crippen molar-refractivity contribution in [3.05, 3.63) is 17.0 Å². The third-order valence-electron chi connectivity index (χ3n) is 5.87. The summed E-state index contributed by atoms with van der Waals surface area (Å²) in [4.78, 5) is 4.88. The monoisotopic (exact) mass is 378 g/mol. The first-order valence-electron chi connectivity index (χ1n) is 10.3. The topological polar surface area (TPSA) is 44.5 Å². The summed E-state index contributed by atoms with van der Waals surface area (Å²) in [5, 5.41) is 8.73. The van der Waals surface area contributed by atoms with Crippen LogP contribution in [0.2, 0.25) is 0 Å². The highest BCUT2D eigenvalue weighted by Gasteiger charge is 2.21. The highest BCUT2D eigenvalue weighted by Crippen LogP contribution is 2.18.